The topological polar surface area (TPSA) is 75.7 Å². The number of hydrogen-bond acceptors (Lipinski definition) is 4. The normalized spacial score (nSPS) is 11.0. The summed E-state index contributed by atoms with van der Waals surface area (Å²) in [4.78, 5) is 12.5. The summed E-state index contributed by atoms with van der Waals surface area (Å²) in [5.41, 5.74) is 1.83. The summed E-state index contributed by atoms with van der Waals surface area (Å²) in [5, 5.41) is 3.28. The highest BCUT2D eigenvalue weighted by molar-refractivity contribution is 7.92. The van der Waals surface area contributed by atoms with Crippen molar-refractivity contribution in [3.8, 4) is 5.75 Å². The molecule has 0 heterocycles. The first kappa shape index (κ1) is 21.7. The Morgan fingerprint density at radius 3 is 2.27 bits per heavy atom. The smallest absolute Gasteiger partial charge is 0.264 e. The number of benzene rings is 3. The van der Waals surface area contributed by atoms with Crippen molar-refractivity contribution >= 4 is 38.9 Å². The van der Waals surface area contributed by atoms with Gasteiger partial charge in [0.25, 0.3) is 10.0 Å². The highest BCUT2D eigenvalue weighted by Crippen LogP contribution is 2.25. The van der Waals surface area contributed by atoms with Gasteiger partial charge in [0.15, 0.2) is 0 Å². The molecule has 3 aromatic carbocycles. The van der Waals surface area contributed by atoms with Gasteiger partial charge >= 0.3 is 0 Å². The van der Waals surface area contributed by atoms with Gasteiger partial charge in [-0.05, 0) is 54.1 Å². The van der Waals surface area contributed by atoms with E-state index in [4.69, 9.17) is 16.3 Å². The third kappa shape index (κ3) is 4.93. The first-order chi connectivity index (χ1) is 14.3. The van der Waals surface area contributed by atoms with Crippen LogP contribution in [0.4, 0.5) is 11.4 Å². The second-order valence-electron chi connectivity index (χ2n) is 6.52. The van der Waals surface area contributed by atoms with Crippen LogP contribution in [-0.2, 0) is 21.2 Å². The van der Waals surface area contributed by atoms with Crippen molar-refractivity contribution < 1.29 is 17.9 Å². The first-order valence-electron chi connectivity index (χ1n) is 9.07. The fourth-order valence-electron chi connectivity index (χ4n) is 2.85. The van der Waals surface area contributed by atoms with E-state index in [9.17, 15) is 13.2 Å². The Bertz CT molecular complexity index is 1130. The molecule has 156 valence electrons. The van der Waals surface area contributed by atoms with E-state index in [0.717, 1.165) is 5.56 Å². The molecule has 0 radical (unpaired) electrons. The Morgan fingerprint density at radius 2 is 1.63 bits per heavy atom. The largest absolute Gasteiger partial charge is 0.495 e. The molecule has 8 heteroatoms. The zero-order chi connectivity index (χ0) is 21.7. The number of ether oxygens (including phenoxy) is 1. The van der Waals surface area contributed by atoms with Crippen molar-refractivity contribution in [2.75, 3.05) is 23.8 Å². The van der Waals surface area contributed by atoms with Crippen LogP contribution in [0.2, 0.25) is 5.02 Å². The average molecular weight is 445 g/mol. The molecule has 3 aromatic rings. The monoisotopic (exact) mass is 444 g/mol. The lowest BCUT2D eigenvalue weighted by atomic mass is 10.1. The number of rotatable bonds is 7. The molecule has 0 unspecified atom stereocenters. The third-order valence-corrected chi connectivity index (χ3v) is 6.57. The molecule has 0 saturated carbocycles. The van der Waals surface area contributed by atoms with Crippen LogP contribution < -0.4 is 14.4 Å². The highest BCUT2D eigenvalue weighted by Gasteiger charge is 2.21. The predicted molar refractivity (Wildman–Crippen MR) is 119 cm³/mol. The van der Waals surface area contributed by atoms with Crippen molar-refractivity contribution in [3.05, 3.63) is 83.4 Å². The molecule has 6 nitrogen and oxygen atoms in total. The van der Waals surface area contributed by atoms with Gasteiger partial charge in [0.05, 0.1) is 29.8 Å². The van der Waals surface area contributed by atoms with Crippen molar-refractivity contribution in [3.63, 3.8) is 0 Å². The summed E-state index contributed by atoms with van der Waals surface area (Å²) >= 11 is 5.84. The Kier molecular flexibility index (Phi) is 6.64. The molecule has 0 fully saturated rings. The van der Waals surface area contributed by atoms with Crippen LogP contribution in [0.5, 0.6) is 5.75 Å². The van der Waals surface area contributed by atoms with Crippen LogP contribution in [0.3, 0.4) is 0 Å². The number of carbonyl (C=O) groups excluding carboxylic acids is 1. The lowest BCUT2D eigenvalue weighted by Crippen LogP contribution is -2.26. The number of hydrogen-bond donors (Lipinski definition) is 1. The van der Waals surface area contributed by atoms with Gasteiger partial charge in [0.1, 0.15) is 5.75 Å². The van der Waals surface area contributed by atoms with Gasteiger partial charge in [-0.1, -0.05) is 35.9 Å². The fraction of sp³-hybridized carbons (Fsp3) is 0.136. The van der Waals surface area contributed by atoms with Crippen molar-refractivity contribution in [2.45, 2.75) is 11.3 Å². The molecule has 0 spiro atoms. The third-order valence-electron chi connectivity index (χ3n) is 4.52. The number of nitrogens with one attached hydrogen (secondary N) is 1. The van der Waals surface area contributed by atoms with Gasteiger partial charge in [0.2, 0.25) is 5.91 Å². The number of para-hydroxylation sites is 2. The second-order valence-corrected chi connectivity index (χ2v) is 8.92. The fourth-order valence-corrected chi connectivity index (χ4v) is 4.18. The molecule has 0 aliphatic heterocycles. The molecular formula is C22H21ClN2O4S. The quantitative estimate of drug-likeness (QED) is 0.587. The molecule has 0 saturated heterocycles. The maximum atomic E-state index is 12.8. The van der Waals surface area contributed by atoms with Crippen LogP contribution in [0.25, 0.3) is 0 Å². The van der Waals surface area contributed by atoms with E-state index in [0.29, 0.717) is 22.1 Å². The van der Waals surface area contributed by atoms with E-state index in [1.54, 1.807) is 36.4 Å². The maximum Gasteiger partial charge on any atom is 0.264 e. The van der Waals surface area contributed by atoms with Gasteiger partial charge in [-0.15, -0.1) is 0 Å². The lowest BCUT2D eigenvalue weighted by molar-refractivity contribution is -0.115. The molecular weight excluding hydrogens is 424 g/mol. The van der Waals surface area contributed by atoms with E-state index >= 15 is 0 Å². The Hall–Kier alpha value is -3.03. The van der Waals surface area contributed by atoms with Gasteiger partial charge in [-0.2, -0.15) is 0 Å². The minimum Gasteiger partial charge on any atom is -0.495 e. The van der Waals surface area contributed by atoms with Crippen LogP contribution in [0, 0.1) is 0 Å². The van der Waals surface area contributed by atoms with Crippen LogP contribution in [-0.4, -0.2) is 28.5 Å². The highest BCUT2D eigenvalue weighted by atomic mass is 35.5. The Morgan fingerprint density at radius 1 is 1.00 bits per heavy atom. The molecule has 0 aromatic heterocycles. The van der Waals surface area contributed by atoms with Crippen molar-refractivity contribution in [1.29, 1.82) is 0 Å². The minimum absolute atomic E-state index is 0.145. The zero-order valence-electron chi connectivity index (χ0n) is 16.5. The molecule has 3 rings (SSSR count). The van der Waals surface area contributed by atoms with Gasteiger partial charge in [-0.25, -0.2) is 8.42 Å². The van der Waals surface area contributed by atoms with E-state index < -0.39 is 10.0 Å². The van der Waals surface area contributed by atoms with Crippen molar-refractivity contribution in [2.24, 2.45) is 0 Å². The number of halogens is 1. The Balaban J connectivity index is 1.69. The standard InChI is InChI=1S/C22H21ClN2O4S/c1-25(30(27,28)19-13-9-17(23)10-14-19)18-11-7-16(8-12-18)15-22(26)24-20-5-3-4-6-21(20)29-2/h3-14H,15H2,1-2H3,(H,24,26). The van der Waals surface area contributed by atoms with Crippen LogP contribution in [0.1, 0.15) is 5.56 Å². The Labute approximate surface area is 181 Å². The van der Waals surface area contributed by atoms with E-state index in [1.807, 2.05) is 12.1 Å². The van der Waals surface area contributed by atoms with E-state index in [1.165, 1.54) is 42.7 Å². The first-order valence-corrected chi connectivity index (χ1v) is 10.9. The maximum absolute atomic E-state index is 12.8. The minimum atomic E-state index is -3.71. The molecule has 1 amide bonds. The number of methoxy groups -OCH3 is 1. The summed E-state index contributed by atoms with van der Waals surface area (Å²) in [5.74, 6) is 0.379. The van der Waals surface area contributed by atoms with Gasteiger partial charge in [0, 0.05) is 12.1 Å². The molecule has 30 heavy (non-hydrogen) atoms. The molecule has 0 bridgehead atoms. The SMILES string of the molecule is COc1ccccc1NC(=O)Cc1ccc(N(C)S(=O)(=O)c2ccc(Cl)cc2)cc1. The van der Waals surface area contributed by atoms with E-state index in [2.05, 4.69) is 5.32 Å². The van der Waals surface area contributed by atoms with Gasteiger partial charge < -0.3 is 10.1 Å². The number of anilines is 2. The van der Waals surface area contributed by atoms with Crippen LogP contribution in [0.15, 0.2) is 77.7 Å². The summed E-state index contributed by atoms with van der Waals surface area (Å²) < 4.78 is 32.0. The number of nitrogens with zero attached hydrogens (tertiary/aromatic N) is 1. The summed E-state index contributed by atoms with van der Waals surface area (Å²) in [6, 6.07) is 19.9. The summed E-state index contributed by atoms with van der Waals surface area (Å²) in [6.07, 6.45) is 0.145. The second kappa shape index (κ2) is 9.19. The molecule has 0 aliphatic carbocycles. The average Bonchev–Trinajstić information content (AvgIpc) is 2.74. The number of carbonyl (C=O) groups is 1. The predicted octanol–water partition coefficient (Wildman–Crippen LogP) is 4.35. The van der Waals surface area contributed by atoms with E-state index in [-0.39, 0.29) is 17.2 Å². The molecule has 0 atom stereocenters. The van der Waals surface area contributed by atoms with Crippen molar-refractivity contribution in [1.82, 2.24) is 0 Å². The molecule has 1 N–H and O–H groups in total. The van der Waals surface area contributed by atoms with Gasteiger partial charge in [-0.3, -0.25) is 9.10 Å². The number of sulfonamides is 1. The summed E-state index contributed by atoms with van der Waals surface area (Å²) in [6.45, 7) is 0. The lowest BCUT2D eigenvalue weighted by Gasteiger charge is -2.20. The van der Waals surface area contributed by atoms with Crippen LogP contribution >= 0.6 is 11.6 Å². The molecule has 0 aliphatic rings. The number of amides is 1. The zero-order valence-corrected chi connectivity index (χ0v) is 18.1. The summed E-state index contributed by atoms with van der Waals surface area (Å²) in [7, 11) is -0.692.